The Kier molecular flexibility index (Phi) is 5.35. The van der Waals surface area contributed by atoms with E-state index in [0.717, 1.165) is 12.1 Å². The van der Waals surface area contributed by atoms with Crippen LogP contribution < -0.4 is 15.4 Å². The van der Waals surface area contributed by atoms with Crippen LogP contribution in [-0.2, 0) is 4.79 Å². The van der Waals surface area contributed by atoms with Crippen molar-refractivity contribution in [3.05, 3.63) is 52.6 Å². The smallest absolute Gasteiger partial charge is 0.259 e. The lowest BCUT2D eigenvalue weighted by Gasteiger charge is -2.13. The molecule has 0 unspecified atom stereocenters. The van der Waals surface area contributed by atoms with Gasteiger partial charge in [0.1, 0.15) is 17.4 Å². The lowest BCUT2D eigenvalue weighted by atomic mass is 10.1. The molecule has 5 nitrogen and oxygen atoms in total. The van der Waals surface area contributed by atoms with Gasteiger partial charge >= 0.3 is 0 Å². The summed E-state index contributed by atoms with van der Waals surface area (Å²) in [4.78, 5) is 23.4. The van der Waals surface area contributed by atoms with E-state index in [1.54, 1.807) is 0 Å². The number of carbonyl (C=O) groups excluding carboxylic acids is 2. The maximum absolute atomic E-state index is 13.6. The van der Waals surface area contributed by atoms with Crippen molar-refractivity contribution in [3.63, 3.8) is 0 Å². The SMILES string of the molecule is COc1cc(NC(C)=O)c(Cl)cc1C(=O)Nc1ccc(F)cc1F. The summed E-state index contributed by atoms with van der Waals surface area (Å²) in [5.74, 6) is -2.59. The van der Waals surface area contributed by atoms with Crippen molar-refractivity contribution in [3.8, 4) is 5.75 Å². The normalized spacial score (nSPS) is 10.2. The zero-order valence-corrected chi connectivity index (χ0v) is 13.5. The zero-order chi connectivity index (χ0) is 17.9. The number of hydrogen-bond donors (Lipinski definition) is 2. The molecule has 0 aliphatic heterocycles. The minimum atomic E-state index is -0.914. The lowest BCUT2D eigenvalue weighted by Crippen LogP contribution is -2.15. The highest BCUT2D eigenvalue weighted by Crippen LogP contribution is 2.31. The number of benzene rings is 2. The molecule has 24 heavy (non-hydrogen) atoms. The number of nitrogens with one attached hydrogen (secondary N) is 2. The number of halogens is 3. The predicted molar refractivity (Wildman–Crippen MR) is 86.6 cm³/mol. The molecule has 0 saturated heterocycles. The van der Waals surface area contributed by atoms with Gasteiger partial charge in [-0.05, 0) is 18.2 Å². The van der Waals surface area contributed by atoms with Crippen LogP contribution >= 0.6 is 11.6 Å². The van der Waals surface area contributed by atoms with E-state index in [1.165, 1.54) is 26.2 Å². The van der Waals surface area contributed by atoms with Gasteiger partial charge < -0.3 is 15.4 Å². The number of anilines is 2. The maximum atomic E-state index is 13.6. The molecule has 0 aliphatic carbocycles. The second kappa shape index (κ2) is 7.27. The van der Waals surface area contributed by atoms with Crippen LogP contribution in [0.5, 0.6) is 5.75 Å². The van der Waals surface area contributed by atoms with Crippen molar-refractivity contribution in [2.45, 2.75) is 6.92 Å². The first kappa shape index (κ1) is 17.7. The number of methoxy groups -OCH3 is 1. The first-order chi connectivity index (χ1) is 11.3. The Morgan fingerprint density at radius 2 is 1.79 bits per heavy atom. The molecule has 2 amide bonds. The minimum Gasteiger partial charge on any atom is -0.496 e. The minimum absolute atomic E-state index is 0.0281. The molecule has 0 radical (unpaired) electrons. The molecule has 0 aliphatic rings. The average molecular weight is 355 g/mol. The van der Waals surface area contributed by atoms with Gasteiger partial charge in [0.05, 0.1) is 29.1 Å². The highest BCUT2D eigenvalue weighted by molar-refractivity contribution is 6.34. The second-order valence-electron chi connectivity index (χ2n) is 4.79. The summed E-state index contributed by atoms with van der Waals surface area (Å²) in [5, 5.41) is 4.91. The van der Waals surface area contributed by atoms with Crippen LogP contribution in [0.1, 0.15) is 17.3 Å². The van der Waals surface area contributed by atoms with Gasteiger partial charge in [-0.3, -0.25) is 9.59 Å². The third-order valence-corrected chi connectivity index (χ3v) is 3.34. The summed E-state index contributed by atoms with van der Waals surface area (Å²) in [5.41, 5.74) is 0.108. The van der Waals surface area contributed by atoms with Gasteiger partial charge in [-0.25, -0.2) is 8.78 Å². The number of rotatable bonds is 4. The Morgan fingerprint density at radius 1 is 1.08 bits per heavy atom. The largest absolute Gasteiger partial charge is 0.496 e. The summed E-state index contributed by atoms with van der Waals surface area (Å²) in [6.45, 7) is 1.31. The van der Waals surface area contributed by atoms with E-state index < -0.39 is 17.5 Å². The fourth-order valence-electron chi connectivity index (χ4n) is 1.97. The van der Waals surface area contributed by atoms with Crippen LogP contribution in [0.2, 0.25) is 5.02 Å². The standard InChI is InChI=1S/C16H13ClF2N2O3/c1-8(22)20-14-7-15(24-2)10(6-11(14)17)16(23)21-13-4-3-9(18)5-12(13)19/h3-7H,1-2H3,(H,20,22)(H,21,23). The summed E-state index contributed by atoms with van der Waals surface area (Å²) in [7, 11) is 1.33. The third kappa shape index (κ3) is 3.99. The predicted octanol–water partition coefficient (Wildman–Crippen LogP) is 3.84. The van der Waals surface area contributed by atoms with Gasteiger partial charge in [0, 0.05) is 19.1 Å². The van der Waals surface area contributed by atoms with Crippen LogP contribution in [0.25, 0.3) is 0 Å². The van der Waals surface area contributed by atoms with Gasteiger partial charge in [-0.1, -0.05) is 11.6 Å². The van der Waals surface area contributed by atoms with Crippen molar-refractivity contribution in [1.82, 2.24) is 0 Å². The molecular formula is C16H13ClF2N2O3. The van der Waals surface area contributed by atoms with E-state index in [1.807, 2.05) is 0 Å². The molecule has 0 fully saturated rings. The van der Waals surface area contributed by atoms with E-state index >= 15 is 0 Å². The highest BCUT2D eigenvalue weighted by atomic mass is 35.5. The highest BCUT2D eigenvalue weighted by Gasteiger charge is 2.18. The first-order valence-corrected chi connectivity index (χ1v) is 7.11. The van der Waals surface area contributed by atoms with E-state index in [0.29, 0.717) is 6.07 Å². The molecule has 126 valence electrons. The monoisotopic (exact) mass is 354 g/mol. The molecule has 2 N–H and O–H groups in total. The molecule has 0 spiro atoms. The summed E-state index contributed by atoms with van der Waals surface area (Å²) in [6.07, 6.45) is 0. The fraction of sp³-hybridized carbons (Fsp3) is 0.125. The van der Waals surface area contributed by atoms with Crippen LogP contribution in [0.3, 0.4) is 0 Å². The van der Waals surface area contributed by atoms with Gasteiger partial charge in [-0.2, -0.15) is 0 Å². The molecule has 0 heterocycles. The van der Waals surface area contributed by atoms with Gasteiger partial charge in [0.25, 0.3) is 5.91 Å². The summed E-state index contributed by atoms with van der Waals surface area (Å²) < 4.78 is 31.6. The zero-order valence-electron chi connectivity index (χ0n) is 12.7. The second-order valence-corrected chi connectivity index (χ2v) is 5.20. The Balaban J connectivity index is 2.34. The molecule has 0 saturated carbocycles. The van der Waals surface area contributed by atoms with E-state index in [9.17, 15) is 18.4 Å². The fourth-order valence-corrected chi connectivity index (χ4v) is 2.18. The quantitative estimate of drug-likeness (QED) is 0.876. The number of ether oxygens (including phenoxy) is 1. The van der Waals surface area contributed by atoms with Crippen molar-refractivity contribution in [2.24, 2.45) is 0 Å². The van der Waals surface area contributed by atoms with Crippen molar-refractivity contribution >= 4 is 34.8 Å². The van der Waals surface area contributed by atoms with E-state index in [4.69, 9.17) is 16.3 Å². The van der Waals surface area contributed by atoms with Crippen molar-refractivity contribution < 1.29 is 23.1 Å². The van der Waals surface area contributed by atoms with Crippen LogP contribution in [0.15, 0.2) is 30.3 Å². The van der Waals surface area contributed by atoms with E-state index in [2.05, 4.69) is 10.6 Å². The third-order valence-electron chi connectivity index (χ3n) is 3.02. The molecule has 0 bridgehead atoms. The number of amides is 2. The molecule has 2 aromatic carbocycles. The topological polar surface area (TPSA) is 67.4 Å². The Morgan fingerprint density at radius 3 is 2.38 bits per heavy atom. The molecule has 8 heteroatoms. The Hall–Kier alpha value is -2.67. The Bertz CT molecular complexity index is 812. The van der Waals surface area contributed by atoms with Gasteiger partial charge in [0.15, 0.2) is 0 Å². The van der Waals surface area contributed by atoms with Crippen LogP contribution in [-0.4, -0.2) is 18.9 Å². The molecular weight excluding hydrogens is 342 g/mol. The molecule has 2 rings (SSSR count). The first-order valence-electron chi connectivity index (χ1n) is 6.73. The summed E-state index contributed by atoms with van der Waals surface area (Å²) in [6, 6.07) is 5.42. The van der Waals surface area contributed by atoms with Gasteiger partial charge in [0.2, 0.25) is 5.91 Å². The lowest BCUT2D eigenvalue weighted by molar-refractivity contribution is -0.114. The average Bonchev–Trinajstić information content (AvgIpc) is 2.51. The maximum Gasteiger partial charge on any atom is 0.259 e. The number of carbonyl (C=O) groups is 2. The van der Waals surface area contributed by atoms with Crippen molar-refractivity contribution in [1.29, 1.82) is 0 Å². The van der Waals surface area contributed by atoms with Gasteiger partial charge in [-0.15, -0.1) is 0 Å². The molecule has 0 atom stereocenters. The molecule has 2 aromatic rings. The number of hydrogen-bond acceptors (Lipinski definition) is 3. The molecule has 0 aromatic heterocycles. The van der Waals surface area contributed by atoms with Crippen LogP contribution in [0.4, 0.5) is 20.2 Å². The van der Waals surface area contributed by atoms with E-state index in [-0.39, 0.29) is 33.6 Å². The van der Waals surface area contributed by atoms with Crippen LogP contribution in [0, 0.1) is 11.6 Å². The summed E-state index contributed by atoms with van der Waals surface area (Å²) >= 11 is 6.03. The Labute approximate surface area is 141 Å². The van der Waals surface area contributed by atoms with Crippen molar-refractivity contribution in [2.75, 3.05) is 17.7 Å².